The fourth-order valence-corrected chi connectivity index (χ4v) is 5.07. The number of aromatic nitrogens is 2. The second kappa shape index (κ2) is 9.78. The van der Waals surface area contributed by atoms with Gasteiger partial charge >= 0.3 is 12.1 Å². The molecular weight excluding hydrogens is 445 g/mol. The van der Waals surface area contributed by atoms with Gasteiger partial charge < -0.3 is 10.0 Å². The standard InChI is InChI=1S/C19H22N4OS.C2HF3O2/c1-2-9-23-10-6-19(18(23)24)14-22(12-15-5-3-4-7-20-15)13-16(19)17-21-8-11-25-17;3-2(4,5)1(6)7/h2-5,7-8,11,16H,1,6,9-10,12-14H2;(H,6,7). The highest BCUT2D eigenvalue weighted by atomic mass is 32.1. The molecule has 32 heavy (non-hydrogen) atoms. The van der Waals surface area contributed by atoms with Crippen LogP contribution < -0.4 is 0 Å². The van der Waals surface area contributed by atoms with Gasteiger partial charge in [0.25, 0.3) is 0 Å². The predicted molar refractivity (Wildman–Crippen MR) is 112 cm³/mol. The molecule has 172 valence electrons. The lowest BCUT2D eigenvalue weighted by Crippen LogP contribution is -2.39. The number of hydrogen-bond donors (Lipinski definition) is 1. The van der Waals surface area contributed by atoms with Gasteiger partial charge in [-0.25, -0.2) is 9.78 Å². The van der Waals surface area contributed by atoms with Crippen LogP contribution in [0.3, 0.4) is 0 Å². The van der Waals surface area contributed by atoms with Crippen molar-refractivity contribution in [1.29, 1.82) is 0 Å². The number of nitrogens with zero attached hydrogens (tertiary/aromatic N) is 4. The van der Waals surface area contributed by atoms with Gasteiger partial charge in [-0.1, -0.05) is 12.1 Å². The monoisotopic (exact) mass is 468 g/mol. The van der Waals surface area contributed by atoms with Gasteiger partial charge in [0.1, 0.15) is 0 Å². The van der Waals surface area contributed by atoms with Gasteiger partial charge in [0, 0.05) is 56.4 Å². The number of halogens is 3. The van der Waals surface area contributed by atoms with E-state index in [1.54, 1.807) is 11.3 Å². The SMILES string of the molecule is C=CCN1CCC2(CN(Cc3ccccn3)CC2c2nccs2)C1=O.O=C(O)C(F)(F)F. The minimum Gasteiger partial charge on any atom is -0.475 e. The number of carboxylic acids is 1. The second-order valence-corrected chi connectivity index (χ2v) is 8.59. The van der Waals surface area contributed by atoms with E-state index in [9.17, 15) is 18.0 Å². The first-order valence-corrected chi connectivity index (χ1v) is 10.8. The molecule has 0 bridgehead atoms. The molecule has 2 aliphatic rings. The summed E-state index contributed by atoms with van der Waals surface area (Å²) < 4.78 is 31.7. The number of thiazole rings is 1. The Labute approximate surface area is 187 Å². The molecule has 4 rings (SSSR count). The molecule has 7 nitrogen and oxygen atoms in total. The number of carbonyl (C=O) groups is 2. The number of carbonyl (C=O) groups excluding carboxylic acids is 1. The number of aliphatic carboxylic acids is 1. The van der Waals surface area contributed by atoms with E-state index in [4.69, 9.17) is 9.90 Å². The number of amides is 1. The molecule has 2 unspecified atom stereocenters. The van der Waals surface area contributed by atoms with Crippen LogP contribution in [-0.2, 0) is 16.1 Å². The quantitative estimate of drug-likeness (QED) is 0.679. The third kappa shape index (κ3) is 5.16. The number of carboxylic acid groups (broad SMARTS) is 1. The van der Waals surface area contributed by atoms with E-state index >= 15 is 0 Å². The van der Waals surface area contributed by atoms with Crippen molar-refractivity contribution in [2.75, 3.05) is 26.2 Å². The molecule has 1 amide bonds. The van der Waals surface area contributed by atoms with E-state index < -0.39 is 12.1 Å². The normalized spacial score (nSPS) is 23.3. The maximum atomic E-state index is 13.2. The maximum absolute atomic E-state index is 13.2. The fourth-order valence-electron chi connectivity index (χ4n) is 4.23. The minimum absolute atomic E-state index is 0.165. The molecule has 0 saturated carbocycles. The van der Waals surface area contributed by atoms with E-state index in [0.717, 1.165) is 43.3 Å². The molecule has 4 heterocycles. The first kappa shape index (κ1) is 23.9. The molecule has 0 radical (unpaired) electrons. The van der Waals surface area contributed by atoms with Crippen LogP contribution in [0.5, 0.6) is 0 Å². The number of likely N-dealkylation sites (tertiary alicyclic amines) is 2. The largest absolute Gasteiger partial charge is 0.490 e. The van der Waals surface area contributed by atoms with Crippen LogP contribution in [0.4, 0.5) is 13.2 Å². The van der Waals surface area contributed by atoms with E-state index in [2.05, 4.69) is 21.4 Å². The molecular formula is C21H23F3N4O3S. The highest BCUT2D eigenvalue weighted by molar-refractivity contribution is 7.09. The smallest absolute Gasteiger partial charge is 0.475 e. The van der Waals surface area contributed by atoms with Crippen molar-refractivity contribution in [3.8, 4) is 0 Å². The lowest BCUT2D eigenvalue weighted by molar-refractivity contribution is -0.192. The molecule has 2 fully saturated rings. The predicted octanol–water partition coefficient (Wildman–Crippen LogP) is 3.18. The average molecular weight is 469 g/mol. The molecule has 0 aromatic carbocycles. The van der Waals surface area contributed by atoms with Crippen molar-refractivity contribution in [3.05, 3.63) is 59.3 Å². The number of pyridine rings is 1. The van der Waals surface area contributed by atoms with Gasteiger partial charge in [0.2, 0.25) is 5.91 Å². The number of alkyl halides is 3. The van der Waals surface area contributed by atoms with Gasteiger partial charge in [-0.05, 0) is 18.6 Å². The summed E-state index contributed by atoms with van der Waals surface area (Å²) in [5.74, 6) is -2.33. The van der Waals surface area contributed by atoms with Gasteiger partial charge in [-0.3, -0.25) is 14.7 Å². The van der Waals surface area contributed by atoms with E-state index in [0.29, 0.717) is 6.54 Å². The van der Waals surface area contributed by atoms with Crippen molar-refractivity contribution in [3.63, 3.8) is 0 Å². The molecule has 2 aromatic heterocycles. The van der Waals surface area contributed by atoms with Crippen LogP contribution in [-0.4, -0.2) is 69.1 Å². The van der Waals surface area contributed by atoms with E-state index in [1.807, 2.05) is 46.9 Å². The van der Waals surface area contributed by atoms with E-state index in [1.165, 1.54) is 0 Å². The number of rotatable bonds is 5. The van der Waals surface area contributed by atoms with Crippen molar-refractivity contribution >= 4 is 23.2 Å². The lowest BCUT2D eigenvalue weighted by atomic mass is 9.77. The highest BCUT2D eigenvalue weighted by Crippen LogP contribution is 2.50. The molecule has 0 aliphatic carbocycles. The second-order valence-electron chi connectivity index (χ2n) is 7.66. The Bertz CT molecular complexity index is 940. The van der Waals surface area contributed by atoms with Gasteiger partial charge in [-0.15, -0.1) is 17.9 Å². The zero-order chi connectivity index (χ0) is 23.4. The number of hydrogen-bond acceptors (Lipinski definition) is 6. The van der Waals surface area contributed by atoms with Gasteiger partial charge in [-0.2, -0.15) is 13.2 Å². The first-order chi connectivity index (χ1) is 15.2. The zero-order valence-electron chi connectivity index (χ0n) is 17.2. The Morgan fingerprint density at radius 3 is 2.66 bits per heavy atom. The molecule has 1 N–H and O–H groups in total. The Kier molecular flexibility index (Phi) is 7.29. The van der Waals surface area contributed by atoms with Crippen LogP contribution in [0.2, 0.25) is 0 Å². The summed E-state index contributed by atoms with van der Waals surface area (Å²) in [6.07, 6.45) is 1.29. The highest BCUT2D eigenvalue weighted by Gasteiger charge is 2.57. The van der Waals surface area contributed by atoms with Gasteiger partial charge in [0.05, 0.1) is 16.1 Å². The molecule has 2 aliphatic heterocycles. The summed E-state index contributed by atoms with van der Waals surface area (Å²) in [6, 6.07) is 5.99. The Balaban J connectivity index is 0.000000360. The minimum atomic E-state index is -5.08. The topological polar surface area (TPSA) is 86.6 Å². The van der Waals surface area contributed by atoms with Crippen molar-refractivity contribution in [1.82, 2.24) is 19.8 Å². The van der Waals surface area contributed by atoms with Crippen LogP contribution in [0.1, 0.15) is 23.0 Å². The summed E-state index contributed by atoms with van der Waals surface area (Å²) >= 11 is 1.66. The van der Waals surface area contributed by atoms with Crippen molar-refractivity contribution in [2.45, 2.75) is 25.1 Å². The third-order valence-corrected chi connectivity index (χ3v) is 6.50. The Morgan fingerprint density at radius 1 is 1.34 bits per heavy atom. The van der Waals surface area contributed by atoms with Gasteiger partial charge in [0.15, 0.2) is 0 Å². The molecule has 11 heteroatoms. The van der Waals surface area contributed by atoms with Crippen LogP contribution in [0.25, 0.3) is 0 Å². The van der Waals surface area contributed by atoms with Crippen molar-refractivity contribution < 1.29 is 27.9 Å². The van der Waals surface area contributed by atoms with Crippen molar-refractivity contribution in [2.24, 2.45) is 5.41 Å². The zero-order valence-corrected chi connectivity index (χ0v) is 18.0. The van der Waals surface area contributed by atoms with Crippen LogP contribution in [0.15, 0.2) is 48.6 Å². The summed E-state index contributed by atoms with van der Waals surface area (Å²) in [7, 11) is 0. The van der Waals surface area contributed by atoms with E-state index in [-0.39, 0.29) is 17.2 Å². The third-order valence-electron chi connectivity index (χ3n) is 5.61. The average Bonchev–Trinajstić information content (AvgIpc) is 3.46. The molecule has 2 saturated heterocycles. The van der Waals surface area contributed by atoms with Crippen LogP contribution in [0, 0.1) is 5.41 Å². The maximum Gasteiger partial charge on any atom is 0.490 e. The summed E-state index contributed by atoms with van der Waals surface area (Å²) in [5.41, 5.74) is 0.696. The summed E-state index contributed by atoms with van der Waals surface area (Å²) in [4.78, 5) is 35.4. The fraction of sp³-hybridized carbons (Fsp3) is 0.429. The summed E-state index contributed by atoms with van der Waals surface area (Å²) in [5, 5.41) is 10.2. The first-order valence-electron chi connectivity index (χ1n) is 9.89. The summed E-state index contributed by atoms with van der Waals surface area (Å²) in [6.45, 7) is 7.64. The van der Waals surface area contributed by atoms with Crippen LogP contribution >= 0.6 is 11.3 Å². The molecule has 2 aromatic rings. The Hall–Kier alpha value is -2.79. The lowest BCUT2D eigenvalue weighted by Gasteiger charge is -2.27. The molecule has 2 atom stereocenters. The molecule has 1 spiro atoms. The Morgan fingerprint density at radius 2 is 2.09 bits per heavy atom.